The number of thiophene rings is 1. The van der Waals surface area contributed by atoms with Gasteiger partial charge < -0.3 is 10.2 Å². The Morgan fingerprint density at radius 2 is 2.04 bits per heavy atom. The van der Waals surface area contributed by atoms with Crippen molar-refractivity contribution in [3.05, 3.63) is 45.8 Å². The van der Waals surface area contributed by atoms with E-state index in [1.807, 2.05) is 0 Å². The summed E-state index contributed by atoms with van der Waals surface area (Å²) in [5.41, 5.74) is 4.49. The minimum absolute atomic E-state index is 0.00212. The van der Waals surface area contributed by atoms with Crippen LogP contribution in [0.25, 0.3) is 0 Å². The van der Waals surface area contributed by atoms with Crippen LogP contribution >= 0.6 is 11.3 Å². The number of nitriles is 1. The SMILES string of the molecule is N#Cc1c(NC(=O)CCN2CCc3ccccc32)sc2c1CCCCC2. The van der Waals surface area contributed by atoms with Gasteiger partial charge in [0.1, 0.15) is 11.1 Å². The summed E-state index contributed by atoms with van der Waals surface area (Å²) < 4.78 is 0. The van der Waals surface area contributed by atoms with E-state index >= 15 is 0 Å². The Labute approximate surface area is 158 Å². The fourth-order valence-electron chi connectivity index (χ4n) is 4.01. The van der Waals surface area contributed by atoms with E-state index in [1.54, 1.807) is 11.3 Å². The van der Waals surface area contributed by atoms with Gasteiger partial charge in [-0.1, -0.05) is 24.6 Å². The van der Waals surface area contributed by atoms with E-state index in [1.165, 1.54) is 34.5 Å². The molecule has 0 bridgehead atoms. The highest BCUT2D eigenvalue weighted by molar-refractivity contribution is 7.16. The smallest absolute Gasteiger partial charge is 0.226 e. The van der Waals surface area contributed by atoms with Crippen molar-refractivity contribution in [3.8, 4) is 6.07 Å². The predicted octanol–water partition coefficient (Wildman–Crippen LogP) is 4.28. The molecule has 2 aromatic rings. The Morgan fingerprint density at radius 3 is 2.92 bits per heavy atom. The largest absolute Gasteiger partial charge is 0.370 e. The average molecular weight is 366 g/mol. The molecule has 26 heavy (non-hydrogen) atoms. The first-order chi connectivity index (χ1) is 12.8. The summed E-state index contributed by atoms with van der Waals surface area (Å²) in [5.74, 6) is 0.00212. The molecular formula is C21H23N3OS. The topological polar surface area (TPSA) is 56.1 Å². The molecule has 1 aromatic heterocycles. The van der Waals surface area contributed by atoms with Crippen LogP contribution in [0.5, 0.6) is 0 Å². The van der Waals surface area contributed by atoms with Crippen LogP contribution in [0, 0.1) is 11.3 Å². The first-order valence-corrected chi connectivity index (χ1v) is 10.3. The van der Waals surface area contributed by atoms with Gasteiger partial charge in [-0.2, -0.15) is 5.26 Å². The first-order valence-electron chi connectivity index (χ1n) is 9.43. The number of hydrogen-bond acceptors (Lipinski definition) is 4. The van der Waals surface area contributed by atoms with Crippen molar-refractivity contribution in [2.45, 2.75) is 44.9 Å². The van der Waals surface area contributed by atoms with Crippen molar-refractivity contribution in [3.63, 3.8) is 0 Å². The molecule has 1 amide bonds. The molecule has 0 fully saturated rings. The van der Waals surface area contributed by atoms with Crippen molar-refractivity contribution < 1.29 is 4.79 Å². The number of benzene rings is 1. The highest BCUT2D eigenvalue weighted by atomic mass is 32.1. The number of amides is 1. The lowest BCUT2D eigenvalue weighted by molar-refractivity contribution is -0.116. The van der Waals surface area contributed by atoms with Crippen LogP contribution in [0.2, 0.25) is 0 Å². The molecule has 1 aliphatic carbocycles. The second-order valence-electron chi connectivity index (χ2n) is 7.04. The van der Waals surface area contributed by atoms with Crippen molar-refractivity contribution in [1.29, 1.82) is 5.26 Å². The molecule has 0 saturated heterocycles. The molecule has 5 heteroatoms. The summed E-state index contributed by atoms with van der Waals surface area (Å²) >= 11 is 1.61. The molecule has 0 saturated carbocycles. The van der Waals surface area contributed by atoms with Gasteiger partial charge in [0.15, 0.2) is 0 Å². The molecule has 1 N–H and O–H groups in total. The molecule has 1 aliphatic heterocycles. The van der Waals surface area contributed by atoms with Gasteiger partial charge in [-0.05, 0) is 49.3 Å². The number of carbonyl (C=O) groups is 1. The molecule has 0 unspecified atom stereocenters. The molecule has 0 radical (unpaired) electrons. The Hall–Kier alpha value is -2.32. The highest BCUT2D eigenvalue weighted by Crippen LogP contribution is 2.37. The summed E-state index contributed by atoms with van der Waals surface area (Å²) in [5, 5.41) is 13.4. The van der Waals surface area contributed by atoms with Gasteiger partial charge >= 0.3 is 0 Å². The van der Waals surface area contributed by atoms with E-state index in [2.05, 4.69) is 40.6 Å². The van der Waals surface area contributed by atoms with Gasteiger partial charge in [0.05, 0.1) is 5.56 Å². The third-order valence-electron chi connectivity index (χ3n) is 5.38. The molecule has 2 aliphatic rings. The van der Waals surface area contributed by atoms with Crippen LogP contribution in [0.3, 0.4) is 0 Å². The van der Waals surface area contributed by atoms with E-state index in [-0.39, 0.29) is 5.91 Å². The van der Waals surface area contributed by atoms with Crippen LogP contribution in [0.15, 0.2) is 24.3 Å². The predicted molar refractivity (Wildman–Crippen MR) is 106 cm³/mol. The van der Waals surface area contributed by atoms with Gasteiger partial charge in [0, 0.05) is 30.1 Å². The van der Waals surface area contributed by atoms with Crippen LogP contribution in [-0.4, -0.2) is 19.0 Å². The highest BCUT2D eigenvalue weighted by Gasteiger charge is 2.22. The number of nitrogens with one attached hydrogen (secondary N) is 1. The van der Waals surface area contributed by atoms with E-state index in [0.717, 1.165) is 43.8 Å². The molecule has 4 rings (SSSR count). The van der Waals surface area contributed by atoms with Crippen molar-refractivity contribution in [1.82, 2.24) is 0 Å². The molecule has 0 spiro atoms. The fourth-order valence-corrected chi connectivity index (χ4v) is 5.27. The third kappa shape index (κ3) is 3.34. The lowest BCUT2D eigenvalue weighted by Crippen LogP contribution is -2.26. The Bertz CT molecular complexity index is 865. The third-order valence-corrected chi connectivity index (χ3v) is 6.59. The molecule has 1 aromatic carbocycles. The van der Waals surface area contributed by atoms with Crippen LogP contribution in [0.1, 0.15) is 47.3 Å². The maximum atomic E-state index is 12.5. The summed E-state index contributed by atoms with van der Waals surface area (Å²) in [4.78, 5) is 16.1. The normalized spacial score (nSPS) is 15.7. The van der Waals surface area contributed by atoms with Crippen LogP contribution in [-0.2, 0) is 24.1 Å². The molecule has 134 valence electrons. The Morgan fingerprint density at radius 1 is 1.19 bits per heavy atom. The summed E-state index contributed by atoms with van der Waals surface area (Å²) in [6.45, 7) is 1.69. The van der Waals surface area contributed by atoms with Gasteiger partial charge in [0.2, 0.25) is 5.91 Å². The van der Waals surface area contributed by atoms with E-state index in [4.69, 9.17) is 0 Å². The zero-order valence-corrected chi connectivity index (χ0v) is 15.7. The van der Waals surface area contributed by atoms with Crippen LogP contribution < -0.4 is 10.2 Å². The van der Waals surface area contributed by atoms with E-state index < -0.39 is 0 Å². The number of fused-ring (bicyclic) bond motifs is 2. The monoisotopic (exact) mass is 365 g/mol. The lowest BCUT2D eigenvalue weighted by Gasteiger charge is -2.18. The summed E-state index contributed by atoms with van der Waals surface area (Å²) in [6.07, 6.45) is 7.05. The fraction of sp³-hybridized carbons (Fsp3) is 0.429. The van der Waals surface area contributed by atoms with Crippen LogP contribution in [0.4, 0.5) is 10.7 Å². The number of anilines is 2. The Balaban J connectivity index is 1.41. The maximum Gasteiger partial charge on any atom is 0.226 e. The Kier molecular flexibility index (Phi) is 4.94. The van der Waals surface area contributed by atoms with Gasteiger partial charge in [0.25, 0.3) is 0 Å². The number of hydrogen-bond donors (Lipinski definition) is 1. The quantitative estimate of drug-likeness (QED) is 0.823. The number of aryl methyl sites for hydroxylation is 1. The summed E-state index contributed by atoms with van der Waals surface area (Å²) in [6, 6.07) is 10.7. The first kappa shape index (κ1) is 17.1. The molecular weight excluding hydrogens is 342 g/mol. The number of nitrogens with zero attached hydrogens (tertiary/aromatic N) is 2. The zero-order valence-electron chi connectivity index (χ0n) is 14.9. The zero-order chi connectivity index (χ0) is 17.9. The minimum Gasteiger partial charge on any atom is -0.370 e. The standard InChI is InChI=1S/C21H23N3OS/c22-14-17-16-7-2-1-3-9-19(16)26-21(17)23-20(25)11-13-24-12-10-15-6-4-5-8-18(15)24/h4-6,8H,1-3,7,9-13H2,(H,23,25). The maximum absolute atomic E-state index is 12.5. The molecule has 2 heterocycles. The second-order valence-corrected chi connectivity index (χ2v) is 8.15. The van der Waals surface area contributed by atoms with E-state index in [0.29, 0.717) is 12.0 Å². The lowest BCUT2D eigenvalue weighted by atomic mass is 10.1. The number of para-hydroxylation sites is 1. The van der Waals surface area contributed by atoms with Crippen molar-refractivity contribution in [2.75, 3.05) is 23.3 Å². The van der Waals surface area contributed by atoms with Crippen molar-refractivity contribution >= 4 is 27.9 Å². The van der Waals surface area contributed by atoms with Gasteiger partial charge in [-0.3, -0.25) is 4.79 Å². The average Bonchev–Trinajstić information content (AvgIpc) is 3.13. The number of carbonyl (C=O) groups excluding carboxylic acids is 1. The summed E-state index contributed by atoms with van der Waals surface area (Å²) in [7, 11) is 0. The van der Waals surface area contributed by atoms with Gasteiger partial charge in [-0.25, -0.2) is 0 Å². The van der Waals surface area contributed by atoms with Crippen molar-refractivity contribution in [2.24, 2.45) is 0 Å². The van der Waals surface area contributed by atoms with E-state index in [9.17, 15) is 10.1 Å². The molecule has 4 nitrogen and oxygen atoms in total. The number of rotatable bonds is 4. The second kappa shape index (κ2) is 7.51. The van der Waals surface area contributed by atoms with Gasteiger partial charge in [-0.15, -0.1) is 11.3 Å². The molecule has 0 atom stereocenters. The minimum atomic E-state index is 0.00212.